The van der Waals surface area contributed by atoms with Gasteiger partial charge in [-0.05, 0) is 31.9 Å². The van der Waals surface area contributed by atoms with Gasteiger partial charge in [0.2, 0.25) is 5.91 Å². The van der Waals surface area contributed by atoms with Crippen molar-refractivity contribution >= 4 is 18.3 Å². The Labute approximate surface area is 149 Å². The predicted octanol–water partition coefficient (Wildman–Crippen LogP) is 2.83. The van der Waals surface area contributed by atoms with E-state index in [9.17, 15) is 9.18 Å². The molecule has 3 atom stereocenters. The number of ether oxygens (including phenoxy) is 1. The highest BCUT2D eigenvalue weighted by atomic mass is 35.5. The summed E-state index contributed by atoms with van der Waals surface area (Å²) in [5.41, 5.74) is 5.57. The average Bonchev–Trinajstić information content (AvgIpc) is 2.49. The van der Waals surface area contributed by atoms with Crippen molar-refractivity contribution < 1.29 is 13.9 Å². The minimum Gasteiger partial charge on any atom is -0.378 e. The first-order valence-electron chi connectivity index (χ1n) is 8.17. The fourth-order valence-electron chi connectivity index (χ4n) is 3.22. The third-order valence-corrected chi connectivity index (χ3v) is 5.10. The SMILES string of the molecule is CCOC1CC(N)(C(=O)NC(C)Cc2ccccc2F)C1(C)C.Cl. The molecule has 1 aliphatic carbocycles. The first-order chi connectivity index (χ1) is 10.7. The molecule has 1 saturated carbocycles. The van der Waals surface area contributed by atoms with E-state index in [0.717, 1.165) is 0 Å². The topological polar surface area (TPSA) is 64.3 Å². The molecule has 6 heteroatoms. The van der Waals surface area contributed by atoms with Gasteiger partial charge in [-0.15, -0.1) is 12.4 Å². The molecule has 136 valence electrons. The second kappa shape index (κ2) is 7.81. The molecule has 0 aliphatic heterocycles. The number of halogens is 2. The fraction of sp³-hybridized carbons (Fsp3) is 0.611. The summed E-state index contributed by atoms with van der Waals surface area (Å²) in [4.78, 5) is 12.6. The smallest absolute Gasteiger partial charge is 0.241 e. The first-order valence-corrected chi connectivity index (χ1v) is 8.17. The number of carbonyl (C=O) groups excluding carboxylic acids is 1. The van der Waals surface area contributed by atoms with E-state index in [4.69, 9.17) is 10.5 Å². The summed E-state index contributed by atoms with van der Waals surface area (Å²) in [6.45, 7) is 8.31. The summed E-state index contributed by atoms with van der Waals surface area (Å²) in [6.07, 6.45) is 0.931. The Morgan fingerprint density at radius 2 is 2.08 bits per heavy atom. The van der Waals surface area contributed by atoms with Crippen LogP contribution in [0.3, 0.4) is 0 Å². The highest BCUT2D eigenvalue weighted by Crippen LogP contribution is 2.49. The molecular formula is C18H28ClFN2O2. The first kappa shape index (κ1) is 20.9. The van der Waals surface area contributed by atoms with Crippen molar-refractivity contribution in [3.05, 3.63) is 35.6 Å². The van der Waals surface area contributed by atoms with Crippen LogP contribution in [0.25, 0.3) is 0 Å². The standard InChI is InChI=1S/C18H27FN2O2.ClH/c1-5-23-15-11-18(20,17(15,3)4)16(22)21-12(2)10-13-8-6-7-9-14(13)19;/h6-9,12,15H,5,10-11,20H2,1-4H3,(H,21,22);1H. The van der Waals surface area contributed by atoms with Gasteiger partial charge >= 0.3 is 0 Å². The van der Waals surface area contributed by atoms with Crippen LogP contribution in [0.5, 0.6) is 0 Å². The summed E-state index contributed by atoms with van der Waals surface area (Å²) in [6, 6.07) is 6.41. The van der Waals surface area contributed by atoms with Gasteiger partial charge in [0, 0.05) is 24.5 Å². The number of benzene rings is 1. The lowest BCUT2D eigenvalue weighted by Gasteiger charge is -2.57. The molecule has 24 heavy (non-hydrogen) atoms. The van der Waals surface area contributed by atoms with E-state index in [1.807, 2.05) is 27.7 Å². The summed E-state index contributed by atoms with van der Waals surface area (Å²) in [5, 5.41) is 2.93. The van der Waals surface area contributed by atoms with Gasteiger partial charge in [0.15, 0.2) is 0 Å². The van der Waals surface area contributed by atoms with E-state index in [0.29, 0.717) is 25.0 Å². The lowest BCUT2D eigenvalue weighted by molar-refractivity contribution is -0.171. The maximum Gasteiger partial charge on any atom is 0.241 e. The Hall–Kier alpha value is -1.17. The van der Waals surface area contributed by atoms with Crippen molar-refractivity contribution in [1.82, 2.24) is 5.32 Å². The molecule has 1 aromatic carbocycles. The number of rotatable bonds is 6. The van der Waals surface area contributed by atoms with Crippen LogP contribution >= 0.6 is 12.4 Å². The second-order valence-corrected chi connectivity index (χ2v) is 7.01. The molecule has 4 nitrogen and oxygen atoms in total. The van der Waals surface area contributed by atoms with Crippen LogP contribution in [0.15, 0.2) is 24.3 Å². The highest BCUT2D eigenvalue weighted by molar-refractivity contribution is 5.89. The van der Waals surface area contributed by atoms with Crippen molar-refractivity contribution in [2.24, 2.45) is 11.1 Å². The van der Waals surface area contributed by atoms with Crippen LogP contribution in [0.2, 0.25) is 0 Å². The van der Waals surface area contributed by atoms with Gasteiger partial charge in [-0.25, -0.2) is 4.39 Å². The molecule has 3 N–H and O–H groups in total. The average molecular weight is 359 g/mol. The van der Waals surface area contributed by atoms with Crippen molar-refractivity contribution in [3.63, 3.8) is 0 Å². The van der Waals surface area contributed by atoms with Crippen molar-refractivity contribution in [2.75, 3.05) is 6.61 Å². The lowest BCUT2D eigenvalue weighted by atomic mass is 9.54. The maximum atomic E-state index is 13.7. The fourth-order valence-corrected chi connectivity index (χ4v) is 3.22. The van der Waals surface area contributed by atoms with Gasteiger partial charge in [-0.2, -0.15) is 0 Å². The minimum atomic E-state index is -0.948. The number of carbonyl (C=O) groups is 1. The van der Waals surface area contributed by atoms with Crippen LogP contribution < -0.4 is 11.1 Å². The third-order valence-electron chi connectivity index (χ3n) is 5.10. The number of hydrogen-bond donors (Lipinski definition) is 2. The van der Waals surface area contributed by atoms with E-state index < -0.39 is 11.0 Å². The molecule has 0 radical (unpaired) electrons. The quantitative estimate of drug-likeness (QED) is 0.821. The number of nitrogens with one attached hydrogen (secondary N) is 1. The molecule has 0 bridgehead atoms. The van der Waals surface area contributed by atoms with Crippen LogP contribution in [-0.2, 0) is 16.0 Å². The number of hydrogen-bond acceptors (Lipinski definition) is 3. The van der Waals surface area contributed by atoms with Gasteiger partial charge < -0.3 is 15.8 Å². The van der Waals surface area contributed by atoms with Gasteiger partial charge in [0.25, 0.3) is 0 Å². The van der Waals surface area contributed by atoms with Crippen molar-refractivity contribution in [1.29, 1.82) is 0 Å². The summed E-state index contributed by atoms with van der Waals surface area (Å²) in [7, 11) is 0. The monoisotopic (exact) mass is 358 g/mol. The molecule has 1 aliphatic rings. The summed E-state index contributed by atoms with van der Waals surface area (Å²) in [5.74, 6) is -0.446. The van der Waals surface area contributed by atoms with Crippen LogP contribution in [0.1, 0.15) is 39.7 Å². The van der Waals surface area contributed by atoms with Crippen molar-refractivity contribution in [2.45, 2.75) is 58.2 Å². The van der Waals surface area contributed by atoms with Crippen LogP contribution in [0, 0.1) is 11.2 Å². The molecule has 0 aromatic heterocycles. The Kier molecular flexibility index (Phi) is 6.79. The largest absolute Gasteiger partial charge is 0.378 e. The summed E-state index contributed by atoms with van der Waals surface area (Å²) < 4.78 is 19.3. The second-order valence-electron chi connectivity index (χ2n) is 7.01. The molecule has 1 fully saturated rings. The molecule has 3 unspecified atom stereocenters. The Balaban J connectivity index is 0.00000288. The number of amides is 1. The molecule has 0 spiro atoms. The predicted molar refractivity (Wildman–Crippen MR) is 95.7 cm³/mol. The molecule has 2 rings (SSSR count). The van der Waals surface area contributed by atoms with E-state index in [1.54, 1.807) is 18.2 Å². The normalized spacial score (nSPS) is 26.0. The van der Waals surface area contributed by atoms with E-state index in [2.05, 4.69) is 5.32 Å². The Morgan fingerprint density at radius 1 is 1.46 bits per heavy atom. The molecule has 1 aromatic rings. The lowest BCUT2D eigenvalue weighted by Crippen LogP contribution is -2.76. The molecule has 0 saturated heterocycles. The zero-order chi connectivity index (χ0) is 17.3. The number of nitrogens with two attached hydrogens (primary N) is 1. The van der Waals surface area contributed by atoms with Crippen molar-refractivity contribution in [3.8, 4) is 0 Å². The van der Waals surface area contributed by atoms with Gasteiger partial charge in [-0.3, -0.25) is 4.79 Å². The Morgan fingerprint density at radius 3 is 2.62 bits per heavy atom. The molecule has 0 heterocycles. The van der Waals surface area contributed by atoms with Gasteiger partial charge in [0.05, 0.1) is 6.10 Å². The zero-order valence-corrected chi connectivity index (χ0v) is 15.6. The van der Waals surface area contributed by atoms with Crippen LogP contribution in [0.4, 0.5) is 4.39 Å². The van der Waals surface area contributed by atoms with Gasteiger partial charge in [0.1, 0.15) is 11.4 Å². The van der Waals surface area contributed by atoms with Gasteiger partial charge in [-0.1, -0.05) is 32.0 Å². The molecule has 1 amide bonds. The Bertz CT molecular complexity index is 582. The van der Waals surface area contributed by atoms with E-state index >= 15 is 0 Å². The minimum absolute atomic E-state index is 0. The van der Waals surface area contributed by atoms with E-state index in [-0.39, 0.29) is 36.3 Å². The van der Waals surface area contributed by atoms with Crippen LogP contribution in [-0.4, -0.2) is 30.2 Å². The third kappa shape index (κ3) is 3.73. The zero-order valence-electron chi connectivity index (χ0n) is 14.8. The molecular weight excluding hydrogens is 331 g/mol. The summed E-state index contributed by atoms with van der Waals surface area (Å²) >= 11 is 0. The maximum absolute atomic E-state index is 13.7. The van der Waals surface area contributed by atoms with E-state index in [1.165, 1.54) is 6.07 Å². The highest BCUT2D eigenvalue weighted by Gasteiger charge is 2.62.